The molecule has 3 N–H and O–H groups in total. The topological polar surface area (TPSA) is 83.6 Å². The molecule has 1 fully saturated rings. The van der Waals surface area contributed by atoms with Crippen LogP contribution in [0.15, 0.2) is 10.6 Å². The van der Waals surface area contributed by atoms with E-state index in [1.165, 1.54) is 16.7 Å². The second kappa shape index (κ2) is 3.53. The molecule has 1 unspecified atom stereocenters. The average Bonchev–Trinajstić information content (AvgIpc) is 2.53. The second-order valence-electron chi connectivity index (χ2n) is 3.51. The van der Waals surface area contributed by atoms with E-state index in [0.717, 1.165) is 6.42 Å². The van der Waals surface area contributed by atoms with E-state index < -0.39 is 5.97 Å². The molecule has 15 heavy (non-hydrogen) atoms. The largest absolute Gasteiger partial charge is 0.477 e. The van der Waals surface area contributed by atoms with Crippen molar-refractivity contribution in [2.45, 2.75) is 18.7 Å². The number of nitrogens with two attached hydrogens (primary N) is 1. The van der Waals surface area contributed by atoms with Crippen molar-refractivity contribution in [3.8, 4) is 0 Å². The molecule has 2 rings (SSSR count). The van der Waals surface area contributed by atoms with E-state index in [-0.39, 0.29) is 29.4 Å². The van der Waals surface area contributed by atoms with Crippen LogP contribution in [0.1, 0.15) is 13.3 Å². The number of carboxylic acid groups (broad SMARTS) is 1. The first-order valence-corrected chi connectivity index (χ1v) is 5.66. The van der Waals surface area contributed by atoms with Crippen molar-refractivity contribution in [2.75, 3.05) is 6.54 Å². The summed E-state index contributed by atoms with van der Waals surface area (Å²) in [5.74, 6) is -1.20. The van der Waals surface area contributed by atoms with Crippen molar-refractivity contribution in [1.29, 1.82) is 0 Å². The lowest BCUT2D eigenvalue weighted by Gasteiger charge is -2.41. The van der Waals surface area contributed by atoms with Crippen LogP contribution in [0.4, 0.5) is 0 Å². The van der Waals surface area contributed by atoms with Crippen LogP contribution >= 0.6 is 11.8 Å². The number of rotatable bonds is 3. The molecule has 0 saturated carbocycles. The highest BCUT2D eigenvalue weighted by molar-refractivity contribution is 8.04. The first kappa shape index (κ1) is 10.5. The third-order valence-corrected chi connectivity index (χ3v) is 4.17. The van der Waals surface area contributed by atoms with Gasteiger partial charge in [0.1, 0.15) is 5.70 Å². The van der Waals surface area contributed by atoms with Crippen molar-refractivity contribution in [3.05, 3.63) is 10.6 Å². The number of fused-ring (bicyclic) bond motifs is 1. The highest BCUT2D eigenvalue weighted by Crippen LogP contribution is 2.49. The fourth-order valence-electron chi connectivity index (χ4n) is 1.98. The van der Waals surface area contributed by atoms with Crippen LogP contribution in [-0.4, -0.2) is 33.8 Å². The zero-order valence-electron chi connectivity index (χ0n) is 8.27. The van der Waals surface area contributed by atoms with Crippen LogP contribution < -0.4 is 5.73 Å². The van der Waals surface area contributed by atoms with Gasteiger partial charge in [0.2, 0.25) is 5.91 Å². The predicted molar refractivity (Wildman–Crippen MR) is 55.7 cm³/mol. The van der Waals surface area contributed by atoms with Crippen LogP contribution in [0, 0.1) is 5.92 Å². The third kappa shape index (κ3) is 1.28. The van der Waals surface area contributed by atoms with Gasteiger partial charge in [0.15, 0.2) is 0 Å². The zero-order valence-corrected chi connectivity index (χ0v) is 9.08. The van der Waals surface area contributed by atoms with Crippen molar-refractivity contribution < 1.29 is 14.7 Å². The average molecular weight is 228 g/mol. The first-order chi connectivity index (χ1) is 7.11. The molecule has 0 aromatic rings. The number of amides is 1. The van der Waals surface area contributed by atoms with Gasteiger partial charge in [-0.25, -0.2) is 4.79 Å². The lowest BCUT2D eigenvalue weighted by atomic mass is 9.94. The maximum atomic E-state index is 11.6. The smallest absolute Gasteiger partial charge is 0.353 e. The number of carbonyl (C=O) groups excluding carboxylic acids is 1. The Balaban J connectivity index is 2.29. The Morgan fingerprint density at radius 2 is 2.33 bits per heavy atom. The van der Waals surface area contributed by atoms with E-state index in [1.54, 1.807) is 0 Å². The summed E-state index contributed by atoms with van der Waals surface area (Å²) in [7, 11) is 0. The molecule has 2 aliphatic rings. The fourth-order valence-corrected chi connectivity index (χ4v) is 3.45. The maximum Gasteiger partial charge on any atom is 0.353 e. The van der Waals surface area contributed by atoms with E-state index in [2.05, 4.69) is 0 Å². The summed E-state index contributed by atoms with van der Waals surface area (Å²) in [6, 6.07) is 0. The maximum absolute atomic E-state index is 11.6. The minimum Gasteiger partial charge on any atom is -0.477 e. The summed E-state index contributed by atoms with van der Waals surface area (Å²) >= 11 is 1.41. The fraction of sp³-hybridized carbons (Fsp3) is 0.556. The van der Waals surface area contributed by atoms with E-state index in [0.29, 0.717) is 4.91 Å². The molecule has 0 radical (unpaired) electrons. The Bertz CT molecular complexity index is 366. The van der Waals surface area contributed by atoms with Gasteiger partial charge in [-0.2, -0.15) is 0 Å². The Morgan fingerprint density at radius 3 is 2.80 bits per heavy atom. The molecule has 1 saturated heterocycles. The molecular weight excluding hydrogens is 216 g/mol. The molecule has 5 nitrogen and oxygen atoms in total. The van der Waals surface area contributed by atoms with E-state index in [9.17, 15) is 9.59 Å². The van der Waals surface area contributed by atoms with E-state index in [4.69, 9.17) is 10.8 Å². The molecule has 0 aliphatic carbocycles. The number of nitrogens with zero attached hydrogens (tertiary/aromatic N) is 1. The molecule has 2 atom stereocenters. The summed E-state index contributed by atoms with van der Waals surface area (Å²) in [6.07, 6.45) is 0.748. The lowest BCUT2D eigenvalue weighted by Crippen LogP contribution is -2.56. The molecule has 1 amide bonds. The van der Waals surface area contributed by atoms with Crippen LogP contribution in [0.5, 0.6) is 0 Å². The third-order valence-electron chi connectivity index (χ3n) is 2.75. The molecule has 0 aromatic carbocycles. The minimum atomic E-state index is -1.06. The summed E-state index contributed by atoms with van der Waals surface area (Å²) in [5, 5.41) is 8.96. The standard InChI is InChI=1S/C9H12N2O3S/c1-2-4-7(12)11-6(9(13)14)5(3-10)15-8(4)11/h4,8H,2-3,10H2,1H3,(H,13,14)/t4?,8-/m1/s1. The molecule has 0 spiro atoms. The van der Waals surface area contributed by atoms with Gasteiger partial charge in [0, 0.05) is 11.4 Å². The summed E-state index contributed by atoms with van der Waals surface area (Å²) in [4.78, 5) is 24.6. The number of β-lactam (4-membered cyclic amide) rings is 1. The van der Waals surface area contributed by atoms with Gasteiger partial charge in [-0.3, -0.25) is 9.69 Å². The summed E-state index contributed by atoms with van der Waals surface area (Å²) in [6.45, 7) is 2.12. The summed E-state index contributed by atoms with van der Waals surface area (Å²) < 4.78 is 0. The van der Waals surface area contributed by atoms with Crippen molar-refractivity contribution in [1.82, 2.24) is 4.90 Å². The van der Waals surface area contributed by atoms with Gasteiger partial charge in [-0.1, -0.05) is 6.92 Å². The Labute approximate surface area is 91.3 Å². The summed E-state index contributed by atoms with van der Waals surface area (Å²) in [5.41, 5.74) is 5.55. The molecule has 82 valence electrons. The SMILES string of the molecule is CCC1C(=O)N2C(C(=O)O)=C(CN)S[C@H]12. The van der Waals surface area contributed by atoms with E-state index in [1.807, 2.05) is 6.92 Å². The van der Waals surface area contributed by atoms with Crippen LogP contribution in [0.2, 0.25) is 0 Å². The number of aliphatic carboxylic acids is 1. The highest BCUT2D eigenvalue weighted by Gasteiger charge is 2.54. The van der Waals surface area contributed by atoms with Gasteiger partial charge in [-0.15, -0.1) is 11.8 Å². The second-order valence-corrected chi connectivity index (χ2v) is 4.72. The molecule has 0 aromatic heterocycles. The van der Waals surface area contributed by atoms with Gasteiger partial charge in [0.05, 0.1) is 11.3 Å². The van der Waals surface area contributed by atoms with Gasteiger partial charge in [0.25, 0.3) is 0 Å². The zero-order chi connectivity index (χ0) is 11.2. The molecular formula is C9H12N2O3S. The first-order valence-electron chi connectivity index (χ1n) is 4.78. The van der Waals surface area contributed by atoms with Gasteiger partial charge in [-0.05, 0) is 6.42 Å². The van der Waals surface area contributed by atoms with Crippen LogP contribution in [0.25, 0.3) is 0 Å². The minimum absolute atomic E-state index is 0.0350. The van der Waals surface area contributed by atoms with Crippen molar-refractivity contribution >= 4 is 23.6 Å². The number of hydrogen-bond acceptors (Lipinski definition) is 4. The molecule has 6 heteroatoms. The monoisotopic (exact) mass is 228 g/mol. The Morgan fingerprint density at radius 1 is 1.67 bits per heavy atom. The number of thioether (sulfide) groups is 1. The van der Waals surface area contributed by atoms with E-state index >= 15 is 0 Å². The number of hydrogen-bond donors (Lipinski definition) is 2. The molecule has 0 bridgehead atoms. The van der Waals surface area contributed by atoms with Gasteiger partial charge < -0.3 is 10.8 Å². The van der Waals surface area contributed by atoms with Crippen molar-refractivity contribution in [2.24, 2.45) is 11.7 Å². The van der Waals surface area contributed by atoms with Crippen molar-refractivity contribution in [3.63, 3.8) is 0 Å². The quantitative estimate of drug-likeness (QED) is 0.673. The Kier molecular flexibility index (Phi) is 2.47. The molecule has 2 aliphatic heterocycles. The Hall–Kier alpha value is -1.01. The molecule has 2 heterocycles. The predicted octanol–water partition coefficient (Wildman–Crippen LogP) is 0.183. The van der Waals surface area contributed by atoms with Crippen LogP contribution in [0.3, 0.4) is 0 Å². The van der Waals surface area contributed by atoms with Gasteiger partial charge >= 0.3 is 5.97 Å². The lowest BCUT2D eigenvalue weighted by molar-refractivity contribution is -0.151. The van der Waals surface area contributed by atoms with Crippen LogP contribution in [-0.2, 0) is 9.59 Å². The number of carbonyl (C=O) groups is 2. The normalized spacial score (nSPS) is 29.2. The number of carboxylic acids is 1. The highest BCUT2D eigenvalue weighted by atomic mass is 32.2.